The molecule has 0 aliphatic heterocycles. The number of sulfone groups is 1. The Morgan fingerprint density at radius 1 is 1.24 bits per heavy atom. The molecule has 0 saturated carbocycles. The standard InChI is InChI=1S/C14H21Cl2NO3S/c1-14(2,3)17-9-10-7-11(15)8-12(16)13(10)20-5-6-21(4,18)19/h7-8,17H,5-6,9H2,1-4H3. The monoisotopic (exact) mass is 353 g/mol. The highest BCUT2D eigenvalue weighted by Crippen LogP contribution is 2.32. The minimum absolute atomic E-state index is 0.0574. The first-order valence-electron chi connectivity index (χ1n) is 6.51. The minimum Gasteiger partial charge on any atom is -0.491 e. The highest BCUT2D eigenvalue weighted by molar-refractivity contribution is 7.90. The van der Waals surface area contributed by atoms with Crippen molar-refractivity contribution < 1.29 is 13.2 Å². The van der Waals surface area contributed by atoms with Crippen molar-refractivity contribution in [3.05, 3.63) is 27.7 Å². The van der Waals surface area contributed by atoms with Crippen molar-refractivity contribution >= 4 is 33.0 Å². The van der Waals surface area contributed by atoms with Crippen LogP contribution in [0.1, 0.15) is 26.3 Å². The van der Waals surface area contributed by atoms with Gasteiger partial charge >= 0.3 is 0 Å². The smallest absolute Gasteiger partial charge is 0.150 e. The largest absolute Gasteiger partial charge is 0.491 e. The van der Waals surface area contributed by atoms with Crippen molar-refractivity contribution in [2.75, 3.05) is 18.6 Å². The third-order valence-corrected chi connectivity index (χ3v) is 4.00. The summed E-state index contributed by atoms with van der Waals surface area (Å²) in [5, 5.41) is 4.22. The van der Waals surface area contributed by atoms with Gasteiger partial charge in [0, 0.05) is 28.9 Å². The molecular weight excluding hydrogens is 333 g/mol. The second kappa shape index (κ2) is 7.18. The van der Waals surface area contributed by atoms with Crippen LogP contribution in [0.25, 0.3) is 0 Å². The zero-order valence-electron chi connectivity index (χ0n) is 12.7. The topological polar surface area (TPSA) is 55.4 Å². The molecule has 1 aromatic rings. The fraction of sp³-hybridized carbons (Fsp3) is 0.571. The molecule has 0 atom stereocenters. The van der Waals surface area contributed by atoms with E-state index in [1.807, 2.05) is 20.8 Å². The van der Waals surface area contributed by atoms with Crippen LogP contribution < -0.4 is 10.1 Å². The van der Waals surface area contributed by atoms with E-state index in [4.69, 9.17) is 27.9 Å². The zero-order valence-corrected chi connectivity index (χ0v) is 15.0. The number of rotatable bonds is 6. The second-order valence-corrected chi connectivity index (χ2v) is 9.06. The van der Waals surface area contributed by atoms with Gasteiger partial charge < -0.3 is 10.1 Å². The summed E-state index contributed by atoms with van der Waals surface area (Å²) in [5.74, 6) is 0.416. The van der Waals surface area contributed by atoms with Crippen molar-refractivity contribution in [1.82, 2.24) is 5.32 Å². The van der Waals surface area contributed by atoms with E-state index in [2.05, 4.69) is 5.32 Å². The molecular formula is C14H21Cl2NO3S. The summed E-state index contributed by atoms with van der Waals surface area (Å²) in [6.45, 7) is 6.72. The van der Waals surface area contributed by atoms with Crippen LogP contribution in [0.4, 0.5) is 0 Å². The van der Waals surface area contributed by atoms with Crippen molar-refractivity contribution in [1.29, 1.82) is 0 Å². The van der Waals surface area contributed by atoms with Gasteiger partial charge in [-0.2, -0.15) is 0 Å². The van der Waals surface area contributed by atoms with Gasteiger partial charge in [0.15, 0.2) is 9.84 Å². The van der Waals surface area contributed by atoms with Gasteiger partial charge in [-0.1, -0.05) is 23.2 Å². The minimum atomic E-state index is -3.07. The maximum absolute atomic E-state index is 11.2. The molecule has 0 radical (unpaired) electrons. The SMILES string of the molecule is CC(C)(C)NCc1cc(Cl)cc(Cl)c1OCCS(C)(=O)=O. The lowest BCUT2D eigenvalue weighted by atomic mass is 10.1. The van der Waals surface area contributed by atoms with E-state index in [1.54, 1.807) is 12.1 Å². The normalized spacial score (nSPS) is 12.5. The summed E-state index contributed by atoms with van der Waals surface area (Å²) in [4.78, 5) is 0. The average molecular weight is 354 g/mol. The van der Waals surface area contributed by atoms with Crippen LogP contribution in [0.5, 0.6) is 5.75 Å². The van der Waals surface area contributed by atoms with Crippen LogP contribution in [-0.4, -0.2) is 32.6 Å². The third kappa shape index (κ3) is 7.36. The van der Waals surface area contributed by atoms with Crippen molar-refractivity contribution in [3.63, 3.8) is 0 Å². The van der Waals surface area contributed by atoms with Crippen LogP contribution in [-0.2, 0) is 16.4 Å². The molecule has 0 saturated heterocycles. The number of nitrogens with one attached hydrogen (secondary N) is 1. The van der Waals surface area contributed by atoms with Crippen LogP contribution in [0, 0.1) is 0 Å². The van der Waals surface area contributed by atoms with Gasteiger partial charge in [0.25, 0.3) is 0 Å². The van der Waals surface area contributed by atoms with E-state index in [0.29, 0.717) is 22.3 Å². The third-order valence-electron chi connectivity index (χ3n) is 2.59. The molecule has 0 fully saturated rings. The summed E-state index contributed by atoms with van der Waals surface area (Å²) in [7, 11) is -3.07. The van der Waals surface area contributed by atoms with Gasteiger partial charge in [-0.3, -0.25) is 0 Å². The van der Waals surface area contributed by atoms with Crippen LogP contribution in [0.15, 0.2) is 12.1 Å². The van der Waals surface area contributed by atoms with Gasteiger partial charge in [0.05, 0.1) is 10.8 Å². The van der Waals surface area contributed by atoms with E-state index < -0.39 is 9.84 Å². The molecule has 7 heteroatoms. The van der Waals surface area contributed by atoms with Gasteiger partial charge in [0.2, 0.25) is 0 Å². The Labute approximate surface area is 136 Å². The maximum Gasteiger partial charge on any atom is 0.150 e. The first-order chi connectivity index (χ1) is 9.48. The Balaban J connectivity index is 2.90. The lowest BCUT2D eigenvalue weighted by Gasteiger charge is -2.22. The Kier molecular flexibility index (Phi) is 6.35. The van der Waals surface area contributed by atoms with E-state index in [0.717, 1.165) is 5.56 Å². The first kappa shape index (κ1) is 18.6. The van der Waals surface area contributed by atoms with Gasteiger partial charge in [-0.25, -0.2) is 8.42 Å². The van der Waals surface area contributed by atoms with Crippen molar-refractivity contribution in [2.24, 2.45) is 0 Å². The van der Waals surface area contributed by atoms with E-state index >= 15 is 0 Å². The predicted molar refractivity (Wildman–Crippen MR) is 88.3 cm³/mol. The quantitative estimate of drug-likeness (QED) is 0.852. The molecule has 1 N–H and O–H groups in total. The molecule has 0 heterocycles. The van der Waals surface area contributed by atoms with Crippen molar-refractivity contribution in [3.8, 4) is 5.75 Å². The Bertz CT molecular complexity index is 595. The maximum atomic E-state index is 11.2. The van der Waals surface area contributed by atoms with Gasteiger partial charge in [0.1, 0.15) is 12.4 Å². The van der Waals surface area contributed by atoms with E-state index in [-0.39, 0.29) is 17.9 Å². The highest BCUT2D eigenvalue weighted by Gasteiger charge is 2.15. The number of hydrogen-bond donors (Lipinski definition) is 1. The van der Waals surface area contributed by atoms with Crippen LogP contribution >= 0.6 is 23.2 Å². The molecule has 21 heavy (non-hydrogen) atoms. The predicted octanol–water partition coefficient (Wildman–Crippen LogP) is 3.30. The lowest BCUT2D eigenvalue weighted by molar-refractivity contribution is 0.333. The summed E-state index contributed by atoms with van der Waals surface area (Å²) in [6, 6.07) is 3.35. The summed E-state index contributed by atoms with van der Waals surface area (Å²) in [5.41, 5.74) is 0.731. The second-order valence-electron chi connectivity index (χ2n) is 5.96. The van der Waals surface area contributed by atoms with Crippen LogP contribution in [0.2, 0.25) is 10.0 Å². The van der Waals surface area contributed by atoms with Crippen molar-refractivity contribution in [2.45, 2.75) is 32.9 Å². The molecule has 4 nitrogen and oxygen atoms in total. The fourth-order valence-electron chi connectivity index (χ4n) is 1.56. The molecule has 0 aliphatic rings. The average Bonchev–Trinajstić information content (AvgIpc) is 2.26. The molecule has 120 valence electrons. The number of ether oxygens (including phenoxy) is 1. The Morgan fingerprint density at radius 2 is 1.86 bits per heavy atom. The number of hydrogen-bond acceptors (Lipinski definition) is 4. The molecule has 0 unspecified atom stereocenters. The summed E-state index contributed by atoms with van der Waals surface area (Å²) >= 11 is 12.2. The Hall–Kier alpha value is -0.490. The Morgan fingerprint density at radius 3 is 2.38 bits per heavy atom. The van der Waals surface area contributed by atoms with E-state index in [1.165, 1.54) is 6.26 Å². The molecule has 0 amide bonds. The molecule has 1 rings (SSSR count). The highest BCUT2D eigenvalue weighted by atomic mass is 35.5. The lowest BCUT2D eigenvalue weighted by Crippen LogP contribution is -2.35. The number of benzene rings is 1. The fourth-order valence-corrected chi connectivity index (χ4v) is 2.54. The first-order valence-corrected chi connectivity index (χ1v) is 9.33. The molecule has 0 spiro atoms. The van der Waals surface area contributed by atoms with Crippen LogP contribution in [0.3, 0.4) is 0 Å². The van der Waals surface area contributed by atoms with Gasteiger partial charge in [-0.15, -0.1) is 0 Å². The zero-order chi connectivity index (χ0) is 16.3. The molecule has 1 aromatic carbocycles. The summed E-state index contributed by atoms with van der Waals surface area (Å²) in [6.07, 6.45) is 1.17. The molecule has 0 aromatic heterocycles. The molecule has 0 aliphatic carbocycles. The number of halogens is 2. The summed E-state index contributed by atoms with van der Waals surface area (Å²) < 4.78 is 27.9. The van der Waals surface area contributed by atoms with E-state index in [9.17, 15) is 8.42 Å². The molecule has 0 bridgehead atoms. The van der Waals surface area contributed by atoms with Gasteiger partial charge in [-0.05, 0) is 32.9 Å².